The molecule has 1 aromatic rings. The zero-order chi connectivity index (χ0) is 24.8. The maximum absolute atomic E-state index is 12.9. The number of methoxy groups -OCH3 is 1. The number of piperazine rings is 1. The highest BCUT2D eigenvalue weighted by atomic mass is 16.5. The molecule has 2 saturated heterocycles. The number of urea groups is 1. The summed E-state index contributed by atoms with van der Waals surface area (Å²) < 4.78 is 4.82. The maximum Gasteiger partial charge on any atom is 0.324 e. The SMILES string of the molecule is COC(=O)C1CCC2C(=O)N(CCCCCC(=O)N3CCN(c4ncccn4)CC3)C(=O)NC2C1. The third-order valence-electron chi connectivity index (χ3n) is 7.26. The third kappa shape index (κ3) is 5.88. The van der Waals surface area contributed by atoms with Gasteiger partial charge in [0.15, 0.2) is 0 Å². The number of carbonyl (C=O) groups excluding carboxylic acids is 4. The molecule has 1 aromatic heterocycles. The molecule has 1 N–H and O–H groups in total. The predicted molar refractivity (Wildman–Crippen MR) is 126 cm³/mol. The fourth-order valence-electron chi connectivity index (χ4n) is 5.25. The summed E-state index contributed by atoms with van der Waals surface area (Å²) >= 11 is 0. The Kier molecular flexibility index (Phi) is 8.14. The Hall–Kier alpha value is -3.24. The van der Waals surface area contributed by atoms with Crippen molar-refractivity contribution in [3.05, 3.63) is 18.5 Å². The van der Waals surface area contributed by atoms with Gasteiger partial charge in [0, 0.05) is 57.6 Å². The van der Waals surface area contributed by atoms with E-state index in [-0.39, 0.29) is 35.7 Å². The third-order valence-corrected chi connectivity index (χ3v) is 7.26. The molecule has 3 aliphatic rings. The highest BCUT2D eigenvalue weighted by Gasteiger charge is 2.45. The van der Waals surface area contributed by atoms with Crippen LogP contribution < -0.4 is 10.2 Å². The van der Waals surface area contributed by atoms with Crippen molar-refractivity contribution in [2.75, 3.05) is 44.7 Å². The number of esters is 1. The smallest absolute Gasteiger partial charge is 0.324 e. The number of amides is 4. The number of rotatable bonds is 8. The van der Waals surface area contributed by atoms with Crippen molar-refractivity contribution in [3.8, 4) is 0 Å². The molecule has 0 bridgehead atoms. The summed E-state index contributed by atoms with van der Waals surface area (Å²) in [5, 5.41) is 2.91. The fraction of sp³-hybridized carbons (Fsp3) is 0.667. The maximum atomic E-state index is 12.9. The molecule has 4 amide bonds. The number of anilines is 1. The zero-order valence-corrected chi connectivity index (χ0v) is 20.2. The predicted octanol–water partition coefficient (Wildman–Crippen LogP) is 1.20. The van der Waals surface area contributed by atoms with Gasteiger partial charge in [-0.05, 0) is 38.2 Å². The summed E-state index contributed by atoms with van der Waals surface area (Å²) in [5.74, 6) is -0.162. The minimum Gasteiger partial charge on any atom is -0.469 e. The van der Waals surface area contributed by atoms with E-state index in [1.165, 1.54) is 12.0 Å². The van der Waals surface area contributed by atoms with Crippen molar-refractivity contribution in [1.82, 2.24) is 25.1 Å². The number of nitrogens with one attached hydrogen (secondary N) is 1. The number of hydrogen-bond acceptors (Lipinski definition) is 8. The summed E-state index contributed by atoms with van der Waals surface area (Å²) in [5.41, 5.74) is 0. The minimum atomic E-state index is -0.391. The highest BCUT2D eigenvalue weighted by Crippen LogP contribution is 2.33. The van der Waals surface area contributed by atoms with Crippen molar-refractivity contribution < 1.29 is 23.9 Å². The van der Waals surface area contributed by atoms with Gasteiger partial charge in [0.05, 0.1) is 18.9 Å². The molecule has 35 heavy (non-hydrogen) atoms. The molecule has 11 heteroatoms. The van der Waals surface area contributed by atoms with E-state index < -0.39 is 6.03 Å². The molecule has 1 aliphatic carbocycles. The molecule has 3 atom stereocenters. The van der Waals surface area contributed by atoms with Crippen LogP contribution in [0, 0.1) is 11.8 Å². The lowest BCUT2D eigenvalue weighted by Crippen LogP contribution is -2.61. The monoisotopic (exact) mass is 486 g/mol. The summed E-state index contributed by atoms with van der Waals surface area (Å²) in [7, 11) is 1.36. The summed E-state index contributed by atoms with van der Waals surface area (Å²) in [6.07, 6.45) is 7.64. The average Bonchev–Trinajstić information content (AvgIpc) is 2.89. The summed E-state index contributed by atoms with van der Waals surface area (Å²) in [4.78, 5) is 63.6. The molecular weight excluding hydrogens is 452 g/mol. The van der Waals surface area contributed by atoms with E-state index in [1.807, 2.05) is 4.90 Å². The van der Waals surface area contributed by atoms with E-state index in [2.05, 4.69) is 20.2 Å². The Balaban J connectivity index is 1.14. The van der Waals surface area contributed by atoms with Crippen LogP contribution in [0.1, 0.15) is 44.9 Å². The lowest BCUT2D eigenvalue weighted by Gasteiger charge is -2.41. The van der Waals surface area contributed by atoms with Gasteiger partial charge in [-0.2, -0.15) is 0 Å². The number of aromatic nitrogens is 2. The second-order valence-electron chi connectivity index (χ2n) is 9.41. The molecule has 0 aromatic carbocycles. The average molecular weight is 487 g/mol. The second kappa shape index (κ2) is 11.5. The molecular formula is C24H34N6O5. The molecule has 3 fully saturated rings. The van der Waals surface area contributed by atoms with Crippen LogP contribution in [-0.4, -0.2) is 89.5 Å². The number of imide groups is 1. The first kappa shape index (κ1) is 24.9. The number of unbranched alkanes of at least 4 members (excludes halogenated alkanes) is 2. The van der Waals surface area contributed by atoms with Crippen LogP contribution in [0.2, 0.25) is 0 Å². The van der Waals surface area contributed by atoms with Gasteiger partial charge in [0.25, 0.3) is 0 Å². The van der Waals surface area contributed by atoms with Crippen LogP contribution in [0.15, 0.2) is 18.5 Å². The first-order valence-electron chi connectivity index (χ1n) is 12.5. The van der Waals surface area contributed by atoms with E-state index in [9.17, 15) is 19.2 Å². The van der Waals surface area contributed by atoms with Gasteiger partial charge in [0.2, 0.25) is 17.8 Å². The second-order valence-corrected chi connectivity index (χ2v) is 9.41. The molecule has 4 rings (SSSR count). The molecule has 11 nitrogen and oxygen atoms in total. The number of nitrogens with zero attached hydrogens (tertiary/aromatic N) is 5. The molecule has 1 saturated carbocycles. The quantitative estimate of drug-likeness (QED) is 0.429. The van der Waals surface area contributed by atoms with Crippen LogP contribution in [0.3, 0.4) is 0 Å². The van der Waals surface area contributed by atoms with Gasteiger partial charge >= 0.3 is 12.0 Å². The lowest BCUT2D eigenvalue weighted by atomic mass is 9.76. The summed E-state index contributed by atoms with van der Waals surface area (Å²) in [6.45, 7) is 3.07. The molecule has 190 valence electrons. The van der Waals surface area contributed by atoms with Crippen molar-refractivity contribution >= 4 is 29.8 Å². The van der Waals surface area contributed by atoms with Crippen LogP contribution in [0.25, 0.3) is 0 Å². The van der Waals surface area contributed by atoms with Gasteiger partial charge in [-0.3, -0.25) is 19.3 Å². The number of hydrogen-bond donors (Lipinski definition) is 1. The topological polar surface area (TPSA) is 125 Å². The molecule has 3 heterocycles. The first-order chi connectivity index (χ1) is 17.0. The first-order valence-corrected chi connectivity index (χ1v) is 12.5. The Morgan fingerprint density at radius 1 is 1.06 bits per heavy atom. The minimum absolute atomic E-state index is 0.135. The van der Waals surface area contributed by atoms with Crippen molar-refractivity contribution in [3.63, 3.8) is 0 Å². The summed E-state index contributed by atoms with van der Waals surface area (Å²) in [6, 6.07) is 1.08. The Morgan fingerprint density at radius 3 is 2.51 bits per heavy atom. The fourth-order valence-corrected chi connectivity index (χ4v) is 5.25. The Morgan fingerprint density at radius 2 is 1.80 bits per heavy atom. The van der Waals surface area contributed by atoms with Crippen LogP contribution >= 0.6 is 0 Å². The molecule has 0 radical (unpaired) electrons. The number of ether oxygens (including phenoxy) is 1. The van der Waals surface area contributed by atoms with Crippen LogP contribution in [-0.2, 0) is 19.1 Å². The lowest BCUT2D eigenvalue weighted by molar-refractivity contribution is -0.149. The largest absolute Gasteiger partial charge is 0.469 e. The van der Waals surface area contributed by atoms with Crippen molar-refractivity contribution in [2.24, 2.45) is 11.8 Å². The Bertz CT molecular complexity index is 920. The molecule has 2 aliphatic heterocycles. The van der Waals surface area contributed by atoms with Crippen LogP contribution in [0.4, 0.5) is 10.7 Å². The van der Waals surface area contributed by atoms with Crippen LogP contribution in [0.5, 0.6) is 0 Å². The van der Waals surface area contributed by atoms with Gasteiger partial charge in [-0.15, -0.1) is 0 Å². The van der Waals surface area contributed by atoms with Gasteiger partial charge in [0.1, 0.15) is 0 Å². The number of fused-ring (bicyclic) bond motifs is 1. The molecule has 0 spiro atoms. The van der Waals surface area contributed by atoms with Gasteiger partial charge in [-0.1, -0.05) is 6.42 Å². The zero-order valence-electron chi connectivity index (χ0n) is 20.2. The standard InChI is InChI=1S/C24H34N6O5/c1-35-22(33)17-7-8-18-19(16-17)27-24(34)30(21(18)32)11-4-2-3-6-20(31)28-12-14-29(15-13-28)23-25-9-5-10-26-23/h5,9-10,17-19H,2-4,6-8,11-16H2,1H3,(H,27,34). The normalized spacial score (nSPS) is 24.6. The molecule has 3 unspecified atom stereocenters. The Labute approximate surface area is 205 Å². The van der Waals surface area contributed by atoms with E-state index in [4.69, 9.17) is 4.74 Å². The highest BCUT2D eigenvalue weighted by molar-refractivity contribution is 5.98. The van der Waals surface area contributed by atoms with E-state index in [0.717, 1.165) is 12.8 Å². The number of carbonyl (C=O) groups is 4. The van der Waals surface area contributed by atoms with E-state index >= 15 is 0 Å². The van der Waals surface area contributed by atoms with E-state index in [1.54, 1.807) is 18.5 Å². The van der Waals surface area contributed by atoms with E-state index in [0.29, 0.717) is 70.8 Å². The van der Waals surface area contributed by atoms with Crippen molar-refractivity contribution in [2.45, 2.75) is 51.0 Å². The van der Waals surface area contributed by atoms with Gasteiger partial charge < -0.3 is 19.9 Å². The van der Waals surface area contributed by atoms with Crippen molar-refractivity contribution in [1.29, 1.82) is 0 Å². The van der Waals surface area contributed by atoms with Gasteiger partial charge in [-0.25, -0.2) is 14.8 Å².